The van der Waals surface area contributed by atoms with Crippen LogP contribution in [0.25, 0.3) is 0 Å². The number of amides is 1. The van der Waals surface area contributed by atoms with Crippen LogP contribution >= 0.6 is 11.6 Å². The van der Waals surface area contributed by atoms with Crippen LogP contribution in [0, 0.1) is 0 Å². The third-order valence-corrected chi connectivity index (χ3v) is 1.73. The van der Waals surface area contributed by atoms with E-state index in [-0.39, 0.29) is 0 Å². The van der Waals surface area contributed by atoms with Gasteiger partial charge in [-0.2, -0.15) is 0 Å². The van der Waals surface area contributed by atoms with Crippen molar-refractivity contribution in [1.82, 2.24) is 4.98 Å². The summed E-state index contributed by atoms with van der Waals surface area (Å²) >= 11 is 5.74. The molecule has 0 aliphatic carbocycles. The van der Waals surface area contributed by atoms with Crippen LogP contribution in [0.3, 0.4) is 0 Å². The van der Waals surface area contributed by atoms with Crippen molar-refractivity contribution in [1.29, 1.82) is 0 Å². The summed E-state index contributed by atoms with van der Waals surface area (Å²) in [5.74, 6) is -1.77. The van der Waals surface area contributed by atoms with E-state index in [2.05, 4.69) is 10.3 Å². The van der Waals surface area contributed by atoms with Crippen molar-refractivity contribution < 1.29 is 14.7 Å². The highest BCUT2D eigenvalue weighted by atomic mass is 35.5. The fourth-order valence-corrected chi connectivity index (χ4v) is 0.943. The Hall–Kier alpha value is -1.88. The lowest BCUT2D eigenvalue weighted by molar-refractivity contribution is -0.131. The van der Waals surface area contributed by atoms with Gasteiger partial charge in [-0.05, 0) is 6.07 Å². The van der Waals surface area contributed by atoms with E-state index in [1.807, 2.05) is 0 Å². The Morgan fingerprint density at radius 2 is 2.20 bits per heavy atom. The van der Waals surface area contributed by atoms with Crippen molar-refractivity contribution in [2.24, 2.45) is 0 Å². The molecule has 0 bridgehead atoms. The summed E-state index contributed by atoms with van der Waals surface area (Å²) in [4.78, 5) is 25.0. The van der Waals surface area contributed by atoms with E-state index in [1.54, 1.807) is 0 Å². The fourth-order valence-electron chi connectivity index (χ4n) is 0.791. The smallest absolute Gasteiger partial charge is 0.328 e. The van der Waals surface area contributed by atoms with Crippen LogP contribution in [0.4, 0.5) is 5.69 Å². The maximum absolute atomic E-state index is 11.1. The number of carbonyl (C=O) groups is 2. The maximum atomic E-state index is 11.1. The predicted molar refractivity (Wildman–Crippen MR) is 54.7 cm³/mol. The maximum Gasteiger partial charge on any atom is 0.328 e. The number of hydrogen-bond donors (Lipinski definition) is 2. The molecule has 6 heteroatoms. The number of carboxylic acids is 1. The van der Waals surface area contributed by atoms with Crippen LogP contribution in [0.15, 0.2) is 30.6 Å². The summed E-state index contributed by atoms with van der Waals surface area (Å²) in [6.07, 6.45) is 4.48. The highest BCUT2D eigenvalue weighted by Crippen LogP contribution is 2.18. The second-order valence-corrected chi connectivity index (χ2v) is 2.92. The minimum absolute atomic E-state index is 0.333. The van der Waals surface area contributed by atoms with E-state index < -0.39 is 11.9 Å². The molecule has 5 nitrogen and oxygen atoms in total. The number of aliphatic carboxylic acids is 1. The van der Waals surface area contributed by atoms with Crippen LogP contribution in [0.1, 0.15) is 0 Å². The Balaban J connectivity index is 2.67. The van der Waals surface area contributed by atoms with E-state index in [0.717, 1.165) is 12.2 Å². The minimum atomic E-state index is -1.19. The number of nitrogens with one attached hydrogen (secondary N) is 1. The highest BCUT2D eigenvalue weighted by molar-refractivity contribution is 6.33. The van der Waals surface area contributed by atoms with Crippen LogP contribution in [-0.4, -0.2) is 22.0 Å². The van der Waals surface area contributed by atoms with Gasteiger partial charge in [-0.1, -0.05) is 11.6 Å². The first-order valence-corrected chi connectivity index (χ1v) is 4.29. The van der Waals surface area contributed by atoms with E-state index in [9.17, 15) is 9.59 Å². The molecule has 0 unspecified atom stereocenters. The Bertz CT molecular complexity index is 418. The fraction of sp³-hybridized carbons (Fsp3) is 0. The van der Waals surface area contributed by atoms with Gasteiger partial charge in [0.05, 0.1) is 16.9 Å². The molecule has 0 aliphatic rings. The normalized spacial score (nSPS) is 10.2. The Kier molecular flexibility index (Phi) is 3.82. The molecule has 0 fully saturated rings. The van der Waals surface area contributed by atoms with Gasteiger partial charge < -0.3 is 10.4 Å². The number of rotatable bonds is 3. The second-order valence-electron chi connectivity index (χ2n) is 2.52. The molecule has 1 rings (SSSR count). The zero-order valence-corrected chi connectivity index (χ0v) is 8.23. The van der Waals surface area contributed by atoms with Crippen molar-refractivity contribution in [3.63, 3.8) is 0 Å². The third-order valence-electron chi connectivity index (χ3n) is 1.40. The van der Waals surface area contributed by atoms with Crippen LogP contribution in [0.5, 0.6) is 0 Å². The number of nitrogens with zero attached hydrogens (tertiary/aromatic N) is 1. The summed E-state index contributed by atoms with van der Waals surface area (Å²) in [5, 5.41) is 11.0. The SMILES string of the molecule is O=C(O)/C=C\C(=O)Nc1cnccc1Cl. The molecule has 0 aliphatic heterocycles. The lowest BCUT2D eigenvalue weighted by Gasteiger charge is -2.02. The van der Waals surface area contributed by atoms with Gasteiger partial charge in [0, 0.05) is 18.3 Å². The van der Waals surface area contributed by atoms with E-state index >= 15 is 0 Å². The van der Waals surface area contributed by atoms with E-state index in [4.69, 9.17) is 16.7 Å². The molecule has 0 atom stereocenters. The largest absolute Gasteiger partial charge is 0.478 e. The molecular formula is C9H7ClN2O3. The highest BCUT2D eigenvalue weighted by Gasteiger charge is 2.02. The zero-order valence-electron chi connectivity index (χ0n) is 7.48. The van der Waals surface area contributed by atoms with Gasteiger partial charge in [0.25, 0.3) is 0 Å². The number of carbonyl (C=O) groups excluding carboxylic acids is 1. The van der Waals surface area contributed by atoms with Crippen molar-refractivity contribution in [3.05, 3.63) is 35.6 Å². The van der Waals surface area contributed by atoms with Crippen LogP contribution < -0.4 is 5.32 Å². The molecule has 0 saturated carbocycles. The number of halogens is 1. The molecule has 0 aromatic carbocycles. The van der Waals surface area contributed by atoms with Gasteiger partial charge >= 0.3 is 5.97 Å². The van der Waals surface area contributed by atoms with Crippen LogP contribution in [-0.2, 0) is 9.59 Å². The van der Waals surface area contributed by atoms with Gasteiger partial charge in [-0.15, -0.1) is 0 Å². The number of aromatic nitrogens is 1. The number of pyridine rings is 1. The van der Waals surface area contributed by atoms with Gasteiger partial charge in [-0.3, -0.25) is 9.78 Å². The molecule has 1 heterocycles. The summed E-state index contributed by atoms with van der Waals surface area (Å²) in [6.45, 7) is 0. The van der Waals surface area contributed by atoms with Crippen molar-refractivity contribution in [3.8, 4) is 0 Å². The van der Waals surface area contributed by atoms with E-state index in [0.29, 0.717) is 10.7 Å². The molecule has 1 amide bonds. The second kappa shape index (κ2) is 5.11. The topological polar surface area (TPSA) is 79.3 Å². The first-order valence-electron chi connectivity index (χ1n) is 3.91. The third kappa shape index (κ3) is 3.78. The first kappa shape index (κ1) is 11.2. The summed E-state index contributed by atoms with van der Waals surface area (Å²) < 4.78 is 0. The van der Waals surface area contributed by atoms with Crippen molar-refractivity contribution in [2.75, 3.05) is 5.32 Å². The van der Waals surface area contributed by atoms with Gasteiger partial charge in [-0.25, -0.2) is 4.79 Å². The summed E-state index contributed by atoms with van der Waals surface area (Å²) in [6, 6.07) is 1.51. The molecule has 15 heavy (non-hydrogen) atoms. The number of hydrogen-bond acceptors (Lipinski definition) is 3. The lowest BCUT2D eigenvalue weighted by Crippen LogP contribution is -2.09. The van der Waals surface area contributed by atoms with Gasteiger partial charge in [0.1, 0.15) is 0 Å². The molecule has 1 aromatic rings. The summed E-state index contributed by atoms with van der Waals surface area (Å²) in [7, 11) is 0. The minimum Gasteiger partial charge on any atom is -0.478 e. The monoisotopic (exact) mass is 226 g/mol. The predicted octanol–water partition coefficient (Wildman–Crippen LogP) is 1.31. The Morgan fingerprint density at radius 1 is 1.47 bits per heavy atom. The molecule has 0 spiro atoms. The van der Waals surface area contributed by atoms with Crippen molar-refractivity contribution >= 4 is 29.2 Å². The molecular weight excluding hydrogens is 220 g/mol. The quantitative estimate of drug-likeness (QED) is 0.762. The average Bonchev–Trinajstić information content (AvgIpc) is 2.18. The van der Waals surface area contributed by atoms with Gasteiger partial charge in [0.15, 0.2) is 0 Å². The Labute approximate surface area is 90.4 Å². The molecule has 0 radical (unpaired) electrons. The standard InChI is InChI=1S/C9H7ClN2O3/c10-6-3-4-11-5-7(6)12-8(13)1-2-9(14)15/h1-5H,(H,12,13)(H,14,15)/b2-1-. The van der Waals surface area contributed by atoms with E-state index in [1.165, 1.54) is 18.5 Å². The van der Waals surface area contributed by atoms with Gasteiger partial charge in [0.2, 0.25) is 5.91 Å². The molecule has 1 aromatic heterocycles. The zero-order chi connectivity index (χ0) is 11.3. The average molecular weight is 227 g/mol. The molecule has 78 valence electrons. The Morgan fingerprint density at radius 3 is 2.80 bits per heavy atom. The first-order chi connectivity index (χ1) is 7.09. The number of carboxylic acid groups (broad SMARTS) is 1. The number of anilines is 1. The molecule has 0 saturated heterocycles. The molecule has 2 N–H and O–H groups in total. The van der Waals surface area contributed by atoms with Crippen molar-refractivity contribution in [2.45, 2.75) is 0 Å². The van der Waals surface area contributed by atoms with Crippen LogP contribution in [0.2, 0.25) is 5.02 Å². The lowest BCUT2D eigenvalue weighted by atomic mass is 10.4. The summed E-state index contributed by atoms with van der Waals surface area (Å²) in [5.41, 5.74) is 0.333.